The summed E-state index contributed by atoms with van der Waals surface area (Å²) in [6.45, 7) is 7.89. The minimum Gasteiger partial charge on any atom is -0.492 e. The first-order valence-electron chi connectivity index (χ1n) is 10.7. The highest BCUT2D eigenvalue weighted by atomic mass is 35.5. The van der Waals surface area contributed by atoms with Gasteiger partial charge in [-0.1, -0.05) is 17.7 Å². The first-order valence-corrected chi connectivity index (χ1v) is 12.6. The molecule has 1 aliphatic rings. The molecule has 1 N–H and O–H groups in total. The SMILES string of the molecule is CN(c1ccccn1)S(=O)(=O)c1cc(B2OC(C)(C)C(C)(C)O2)c(Cl)cc1OCCCCO. The van der Waals surface area contributed by atoms with Gasteiger partial charge in [0.25, 0.3) is 10.0 Å². The van der Waals surface area contributed by atoms with E-state index in [2.05, 4.69) is 4.98 Å². The van der Waals surface area contributed by atoms with Crippen molar-refractivity contribution in [2.75, 3.05) is 24.6 Å². The Morgan fingerprint density at radius 3 is 2.39 bits per heavy atom. The van der Waals surface area contributed by atoms with Crippen LogP contribution in [-0.2, 0) is 19.3 Å². The predicted molar refractivity (Wildman–Crippen MR) is 129 cm³/mol. The maximum Gasteiger partial charge on any atom is 0.496 e. The lowest BCUT2D eigenvalue weighted by molar-refractivity contribution is 0.00578. The topological polar surface area (TPSA) is 98.2 Å². The van der Waals surface area contributed by atoms with Crippen molar-refractivity contribution < 1.29 is 27.6 Å². The van der Waals surface area contributed by atoms with E-state index in [1.165, 1.54) is 25.4 Å². The number of hydrogen-bond acceptors (Lipinski definition) is 7. The fourth-order valence-electron chi connectivity index (χ4n) is 3.22. The Balaban J connectivity index is 2.06. The Kier molecular flexibility index (Phi) is 7.65. The monoisotopic (exact) mass is 496 g/mol. The van der Waals surface area contributed by atoms with Crippen LogP contribution in [0.4, 0.5) is 5.82 Å². The van der Waals surface area contributed by atoms with E-state index >= 15 is 0 Å². The summed E-state index contributed by atoms with van der Waals surface area (Å²) in [5.41, 5.74) is -0.847. The molecule has 0 atom stereocenters. The Morgan fingerprint density at radius 1 is 1.15 bits per heavy atom. The predicted octanol–water partition coefficient (Wildman–Crippen LogP) is 3.01. The number of ether oxygens (including phenoxy) is 1. The molecule has 1 aromatic heterocycles. The number of halogens is 1. The molecule has 0 saturated carbocycles. The second-order valence-corrected chi connectivity index (χ2v) is 11.2. The molecule has 0 unspecified atom stereocenters. The van der Waals surface area contributed by atoms with Crippen LogP contribution in [0.3, 0.4) is 0 Å². The van der Waals surface area contributed by atoms with Crippen molar-refractivity contribution in [3.8, 4) is 5.75 Å². The minimum absolute atomic E-state index is 0.0263. The van der Waals surface area contributed by atoms with Gasteiger partial charge in [-0.05, 0) is 64.8 Å². The molecule has 0 radical (unpaired) electrons. The molecular formula is C22H30BClN2O6S. The fraction of sp³-hybridized carbons (Fsp3) is 0.500. The van der Waals surface area contributed by atoms with Crippen molar-refractivity contribution in [1.29, 1.82) is 0 Å². The lowest BCUT2D eigenvalue weighted by atomic mass is 9.79. The molecule has 0 amide bonds. The molecule has 1 saturated heterocycles. The van der Waals surface area contributed by atoms with E-state index in [0.717, 1.165) is 4.31 Å². The zero-order chi connectivity index (χ0) is 24.4. The van der Waals surface area contributed by atoms with Crippen LogP contribution in [-0.4, -0.2) is 57.1 Å². The normalized spacial score (nSPS) is 17.2. The molecule has 1 aliphatic heterocycles. The van der Waals surface area contributed by atoms with E-state index in [1.807, 2.05) is 27.7 Å². The molecule has 2 heterocycles. The average molecular weight is 497 g/mol. The van der Waals surface area contributed by atoms with Gasteiger partial charge in [0.15, 0.2) is 0 Å². The van der Waals surface area contributed by atoms with Gasteiger partial charge in [-0.25, -0.2) is 13.4 Å². The number of hydrogen-bond donors (Lipinski definition) is 1. The number of unbranched alkanes of at least 4 members (excludes halogenated alkanes) is 1. The molecule has 0 bridgehead atoms. The largest absolute Gasteiger partial charge is 0.496 e. The minimum atomic E-state index is -4.07. The smallest absolute Gasteiger partial charge is 0.492 e. The molecular weight excluding hydrogens is 467 g/mol. The van der Waals surface area contributed by atoms with Crippen molar-refractivity contribution >= 4 is 40.0 Å². The van der Waals surface area contributed by atoms with Gasteiger partial charge in [0.2, 0.25) is 0 Å². The number of aliphatic hydroxyl groups is 1. The summed E-state index contributed by atoms with van der Waals surface area (Å²) in [6.07, 6.45) is 2.61. The summed E-state index contributed by atoms with van der Waals surface area (Å²) >= 11 is 6.55. The van der Waals surface area contributed by atoms with Crippen LogP contribution in [0.1, 0.15) is 40.5 Å². The van der Waals surface area contributed by atoms with Crippen molar-refractivity contribution in [3.63, 3.8) is 0 Å². The maximum atomic E-state index is 13.6. The summed E-state index contributed by atoms with van der Waals surface area (Å²) in [4.78, 5) is 4.07. The quantitative estimate of drug-likeness (QED) is 0.421. The average Bonchev–Trinajstić information content (AvgIpc) is 2.97. The van der Waals surface area contributed by atoms with Gasteiger partial charge in [0.05, 0.1) is 17.8 Å². The summed E-state index contributed by atoms with van der Waals surface area (Å²) in [6, 6.07) is 7.93. The van der Waals surface area contributed by atoms with Crippen LogP contribution in [0.2, 0.25) is 5.02 Å². The molecule has 0 spiro atoms. The number of nitrogens with zero attached hydrogens (tertiary/aromatic N) is 2. The molecule has 1 fully saturated rings. The molecule has 11 heteroatoms. The Bertz CT molecular complexity index is 1070. The molecule has 0 aliphatic carbocycles. The molecule has 2 aromatic rings. The number of sulfonamides is 1. The summed E-state index contributed by atoms with van der Waals surface area (Å²) in [5, 5.41) is 9.29. The van der Waals surface area contributed by atoms with Gasteiger partial charge in [0, 0.05) is 30.3 Å². The van der Waals surface area contributed by atoms with Gasteiger partial charge >= 0.3 is 7.12 Å². The number of rotatable bonds is 9. The van der Waals surface area contributed by atoms with Crippen molar-refractivity contribution in [2.24, 2.45) is 0 Å². The van der Waals surface area contributed by atoms with Crippen LogP contribution in [0.25, 0.3) is 0 Å². The van der Waals surface area contributed by atoms with Crippen LogP contribution in [0.5, 0.6) is 5.75 Å². The first kappa shape index (κ1) is 25.8. The van der Waals surface area contributed by atoms with E-state index in [-0.39, 0.29) is 34.7 Å². The van der Waals surface area contributed by atoms with Gasteiger partial charge in [-0.3, -0.25) is 4.31 Å². The van der Waals surface area contributed by atoms with Crippen molar-refractivity contribution in [3.05, 3.63) is 41.6 Å². The van der Waals surface area contributed by atoms with Gasteiger partial charge < -0.3 is 19.2 Å². The highest BCUT2D eigenvalue weighted by molar-refractivity contribution is 7.92. The Morgan fingerprint density at radius 2 is 1.82 bits per heavy atom. The van der Waals surface area contributed by atoms with E-state index in [1.54, 1.807) is 18.2 Å². The van der Waals surface area contributed by atoms with Gasteiger partial charge in [-0.2, -0.15) is 0 Å². The third kappa shape index (κ3) is 5.30. The zero-order valence-corrected chi connectivity index (χ0v) is 21.1. The number of pyridine rings is 1. The maximum absolute atomic E-state index is 13.6. The second kappa shape index (κ2) is 9.80. The van der Waals surface area contributed by atoms with E-state index < -0.39 is 28.3 Å². The number of aliphatic hydroxyl groups excluding tert-OH is 1. The molecule has 8 nitrogen and oxygen atoms in total. The van der Waals surface area contributed by atoms with Gasteiger partial charge in [-0.15, -0.1) is 0 Å². The molecule has 1 aromatic carbocycles. The Hall–Kier alpha value is -1.85. The fourth-order valence-corrected chi connectivity index (χ4v) is 4.76. The standard InChI is InChI=1S/C22H30BClN2O6S/c1-21(2)22(3,4)32-23(31-21)16-14-19(18(15-17(16)24)30-13-9-8-12-27)33(28,29)26(5)20-10-6-7-11-25-20/h6-7,10-11,14-15,27H,8-9,12-13H2,1-5H3. The van der Waals surface area contributed by atoms with Gasteiger partial charge in [0.1, 0.15) is 16.5 Å². The highest BCUT2D eigenvalue weighted by Gasteiger charge is 2.52. The van der Waals surface area contributed by atoms with Crippen LogP contribution >= 0.6 is 11.6 Å². The van der Waals surface area contributed by atoms with Crippen LogP contribution < -0.4 is 14.5 Å². The lowest BCUT2D eigenvalue weighted by Crippen LogP contribution is -2.41. The summed E-state index contributed by atoms with van der Waals surface area (Å²) in [5.74, 6) is 0.372. The second-order valence-electron chi connectivity index (χ2n) is 8.85. The Labute approximate surface area is 201 Å². The van der Waals surface area contributed by atoms with E-state index in [9.17, 15) is 8.42 Å². The van der Waals surface area contributed by atoms with Crippen molar-refractivity contribution in [2.45, 2.75) is 56.6 Å². The highest BCUT2D eigenvalue weighted by Crippen LogP contribution is 2.38. The molecule has 3 rings (SSSR count). The third-order valence-electron chi connectivity index (χ3n) is 5.99. The zero-order valence-electron chi connectivity index (χ0n) is 19.5. The van der Waals surface area contributed by atoms with E-state index in [0.29, 0.717) is 18.3 Å². The van der Waals surface area contributed by atoms with Crippen LogP contribution in [0.15, 0.2) is 41.4 Å². The van der Waals surface area contributed by atoms with Crippen molar-refractivity contribution in [1.82, 2.24) is 4.98 Å². The summed E-state index contributed by atoms with van der Waals surface area (Å²) < 4.78 is 46.3. The van der Waals surface area contributed by atoms with E-state index in [4.69, 9.17) is 30.8 Å². The molecule has 180 valence electrons. The first-order chi connectivity index (χ1) is 15.4. The molecule has 33 heavy (non-hydrogen) atoms. The number of anilines is 1. The lowest BCUT2D eigenvalue weighted by Gasteiger charge is -2.32. The number of benzene rings is 1. The van der Waals surface area contributed by atoms with Crippen LogP contribution in [0, 0.1) is 0 Å². The summed E-state index contributed by atoms with van der Waals surface area (Å²) in [7, 11) is -3.49. The third-order valence-corrected chi connectivity index (χ3v) is 8.10. The number of aromatic nitrogens is 1.